The standard InChI is InChI=1S/C13H23N3O2S/c1-2-10-19(17,18)16-8-5-12(6-9-16)15-11-13-4-3-7-14-13/h3-4,7,12,14-15H,2,5-6,8-11H2,1H3. The van der Waals surface area contributed by atoms with Crippen molar-refractivity contribution in [3.63, 3.8) is 0 Å². The number of nitrogens with zero attached hydrogens (tertiary/aromatic N) is 1. The molecule has 2 heterocycles. The largest absolute Gasteiger partial charge is 0.364 e. The SMILES string of the molecule is CCCS(=O)(=O)N1CCC(NCc2ccc[nH]2)CC1. The lowest BCUT2D eigenvalue weighted by Gasteiger charge is -2.31. The van der Waals surface area contributed by atoms with Crippen molar-refractivity contribution in [2.75, 3.05) is 18.8 Å². The van der Waals surface area contributed by atoms with Crippen LogP contribution in [0.2, 0.25) is 0 Å². The van der Waals surface area contributed by atoms with E-state index in [0.717, 1.165) is 19.4 Å². The molecule has 19 heavy (non-hydrogen) atoms. The first kappa shape index (κ1) is 14.6. The van der Waals surface area contributed by atoms with E-state index in [1.54, 1.807) is 4.31 Å². The summed E-state index contributed by atoms with van der Waals surface area (Å²) in [5, 5.41) is 3.48. The van der Waals surface area contributed by atoms with Crippen LogP contribution in [-0.4, -0.2) is 42.6 Å². The molecule has 1 aromatic heterocycles. The molecule has 6 heteroatoms. The van der Waals surface area contributed by atoms with Crippen molar-refractivity contribution in [1.29, 1.82) is 0 Å². The topological polar surface area (TPSA) is 65.2 Å². The van der Waals surface area contributed by atoms with Crippen molar-refractivity contribution in [2.24, 2.45) is 0 Å². The first-order valence-corrected chi connectivity index (χ1v) is 8.56. The summed E-state index contributed by atoms with van der Waals surface area (Å²) in [7, 11) is -3.02. The van der Waals surface area contributed by atoms with Crippen LogP contribution < -0.4 is 5.32 Å². The van der Waals surface area contributed by atoms with Gasteiger partial charge in [0.1, 0.15) is 0 Å². The Bertz CT molecular complexity index is 462. The highest BCUT2D eigenvalue weighted by molar-refractivity contribution is 7.89. The van der Waals surface area contributed by atoms with Crippen molar-refractivity contribution in [3.8, 4) is 0 Å². The minimum atomic E-state index is -3.02. The third-order valence-corrected chi connectivity index (χ3v) is 5.63. The molecule has 1 aliphatic heterocycles. The number of rotatable bonds is 6. The van der Waals surface area contributed by atoms with E-state index in [-0.39, 0.29) is 5.75 Å². The highest BCUT2D eigenvalue weighted by Gasteiger charge is 2.26. The van der Waals surface area contributed by atoms with Gasteiger partial charge in [0.25, 0.3) is 0 Å². The van der Waals surface area contributed by atoms with Gasteiger partial charge in [0.2, 0.25) is 10.0 Å². The number of aromatic amines is 1. The van der Waals surface area contributed by atoms with E-state index in [9.17, 15) is 8.42 Å². The van der Waals surface area contributed by atoms with E-state index in [2.05, 4.69) is 10.3 Å². The van der Waals surface area contributed by atoms with Crippen LogP contribution in [-0.2, 0) is 16.6 Å². The monoisotopic (exact) mass is 285 g/mol. The molecular weight excluding hydrogens is 262 g/mol. The van der Waals surface area contributed by atoms with Gasteiger partial charge in [-0.25, -0.2) is 12.7 Å². The quantitative estimate of drug-likeness (QED) is 0.828. The van der Waals surface area contributed by atoms with Crippen LogP contribution in [0.5, 0.6) is 0 Å². The Kier molecular flexibility index (Phi) is 5.01. The maximum atomic E-state index is 11.9. The Morgan fingerprint density at radius 2 is 2.16 bits per heavy atom. The molecule has 2 N–H and O–H groups in total. The summed E-state index contributed by atoms with van der Waals surface area (Å²) in [6.07, 6.45) is 4.39. The van der Waals surface area contributed by atoms with E-state index < -0.39 is 10.0 Å². The first-order chi connectivity index (χ1) is 9.12. The lowest BCUT2D eigenvalue weighted by molar-refractivity contribution is 0.288. The zero-order valence-electron chi connectivity index (χ0n) is 11.4. The van der Waals surface area contributed by atoms with Crippen LogP contribution in [0.3, 0.4) is 0 Å². The Labute approximate surface area is 115 Å². The summed E-state index contributed by atoms with van der Waals surface area (Å²) in [6, 6.07) is 4.45. The van der Waals surface area contributed by atoms with Crippen molar-refractivity contribution in [1.82, 2.24) is 14.6 Å². The second-order valence-corrected chi connectivity index (χ2v) is 7.15. The third kappa shape index (κ3) is 4.06. The van der Waals surface area contributed by atoms with Crippen molar-refractivity contribution in [3.05, 3.63) is 24.0 Å². The van der Waals surface area contributed by atoms with Gasteiger partial charge in [-0.2, -0.15) is 0 Å². The van der Waals surface area contributed by atoms with Crippen molar-refractivity contribution >= 4 is 10.0 Å². The smallest absolute Gasteiger partial charge is 0.214 e. The van der Waals surface area contributed by atoms with E-state index >= 15 is 0 Å². The minimum Gasteiger partial charge on any atom is -0.364 e. The van der Waals surface area contributed by atoms with Gasteiger partial charge in [0, 0.05) is 37.6 Å². The molecular formula is C13H23N3O2S. The maximum Gasteiger partial charge on any atom is 0.214 e. The van der Waals surface area contributed by atoms with Gasteiger partial charge >= 0.3 is 0 Å². The third-order valence-electron chi connectivity index (χ3n) is 3.55. The molecule has 2 rings (SSSR count). The Hall–Kier alpha value is -0.850. The fraction of sp³-hybridized carbons (Fsp3) is 0.692. The highest BCUT2D eigenvalue weighted by atomic mass is 32.2. The molecule has 0 spiro atoms. The molecule has 1 saturated heterocycles. The Balaban J connectivity index is 1.76. The van der Waals surface area contributed by atoms with Crippen molar-refractivity contribution in [2.45, 2.75) is 38.8 Å². The zero-order chi connectivity index (χ0) is 13.7. The molecule has 5 nitrogen and oxygen atoms in total. The van der Waals surface area contributed by atoms with E-state index in [1.165, 1.54) is 5.69 Å². The number of hydrogen-bond acceptors (Lipinski definition) is 3. The van der Waals surface area contributed by atoms with Gasteiger partial charge in [-0.3, -0.25) is 0 Å². The molecule has 0 unspecified atom stereocenters. The molecule has 0 amide bonds. The van der Waals surface area contributed by atoms with Crippen LogP contribution in [0, 0.1) is 0 Å². The number of nitrogens with one attached hydrogen (secondary N) is 2. The lowest BCUT2D eigenvalue weighted by atomic mass is 10.1. The molecule has 1 aliphatic rings. The second kappa shape index (κ2) is 6.54. The van der Waals surface area contributed by atoms with E-state index in [4.69, 9.17) is 0 Å². The number of piperidine rings is 1. The molecule has 1 fully saturated rings. The van der Waals surface area contributed by atoms with E-state index in [1.807, 2.05) is 25.3 Å². The average Bonchev–Trinajstić information content (AvgIpc) is 2.90. The maximum absolute atomic E-state index is 11.9. The highest BCUT2D eigenvalue weighted by Crippen LogP contribution is 2.15. The summed E-state index contributed by atoms with van der Waals surface area (Å²) in [4.78, 5) is 3.16. The first-order valence-electron chi connectivity index (χ1n) is 6.95. The number of sulfonamides is 1. The predicted molar refractivity (Wildman–Crippen MR) is 76.3 cm³/mol. The molecule has 0 radical (unpaired) electrons. The number of aromatic nitrogens is 1. The van der Waals surface area contributed by atoms with Crippen LogP contribution in [0.25, 0.3) is 0 Å². The van der Waals surface area contributed by atoms with E-state index in [0.29, 0.717) is 25.6 Å². The Morgan fingerprint density at radius 1 is 1.42 bits per heavy atom. The fourth-order valence-corrected chi connectivity index (χ4v) is 4.00. The average molecular weight is 285 g/mol. The second-order valence-electron chi connectivity index (χ2n) is 5.07. The summed E-state index contributed by atoms with van der Waals surface area (Å²) in [6.45, 7) is 4.01. The fourth-order valence-electron chi connectivity index (χ4n) is 2.46. The van der Waals surface area contributed by atoms with Crippen LogP contribution in [0.4, 0.5) is 0 Å². The van der Waals surface area contributed by atoms with Gasteiger partial charge < -0.3 is 10.3 Å². The Morgan fingerprint density at radius 3 is 2.74 bits per heavy atom. The molecule has 1 aromatic rings. The summed E-state index contributed by atoms with van der Waals surface area (Å²) in [5.74, 6) is 0.271. The minimum absolute atomic E-state index is 0.271. The lowest BCUT2D eigenvalue weighted by Crippen LogP contribution is -2.45. The van der Waals surface area contributed by atoms with Crippen molar-refractivity contribution < 1.29 is 8.42 Å². The summed E-state index contributed by atoms with van der Waals surface area (Å²) < 4.78 is 25.5. The normalized spacial score (nSPS) is 18.8. The molecule has 0 saturated carbocycles. The molecule has 0 atom stereocenters. The van der Waals surface area contributed by atoms with Crippen LogP contribution in [0.1, 0.15) is 31.9 Å². The molecule has 108 valence electrons. The summed E-state index contributed by atoms with van der Waals surface area (Å²) in [5.41, 5.74) is 1.17. The predicted octanol–water partition coefficient (Wildman–Crippen LogP) is 1.31. The summed E-state index contributed by atoms with van der Waals surface area (Å²) >= 11 is 0. The molecule has 0 bridgehead atoms. The number of H-pyrrole nitrogens is 1. The van der Waals surface area contributed by atoms with Gasteiger partial charge in [0.15, 0.2) is 0 Å². The van der Waals surface area contributed by atoms with Gasteiger partial charge in [-0.15, -0.1) is 0 Å². The number of hydrogen-bond donors (Lipinski definition) is 2. The zero-order valence-corrected chi connectivity index (χ0v) is 12.2. The van der Waals surface area contributed by atoms with Gasteiger partial charge in [-0.1, -0.05) is 6.92 Å². The molecule has 0 aliphatic carbocycles. The van der Waals surface area contributed by atoms with Crippen LogP contribution in [0.15, 0.2) is 18.3 Å². The van der Waals surface area contributed by atoms with Gasteiger partial charge in [-0.05, 0) is 31.4 Å². The van der Waals surface area contributed by atoms with Gasteiger partial charge in [0.05, 0.1) is 5.75 Å². The molecule has 0 aromatic carbocycles. The van der Waals surface area contributed by atoms with Crippen LogP contribution >= 0.6 is 0 Å².